The van der Waals surface area contributed by atoms with Crippen molar-refractivity contribution in [2.45, 2.75) is 37.6 Å². The molecule has 0 bridgehead atoms. The van der Waals surface area contributed by atoms with Crippen LogP contribution in [0.5, 0.6) is 0 Å². The van der Waals surface area contributed by atoms with Crippen LogP contribution in [0.15, 0.2) is 29.3 Å². The Balaban J connectivity index is 1.97. The number of hydrogen-bond donors (Lipinski definition) is 2. The van der Waals surface area contributed by atoms with E-state index in [4.69, 9.17) is 5.73 Å². The summed E-state index contributed by atoms with van der Waals surface area (Å²) in [5.41, 5.74) is 8.20. The maximum atomic E-state index is 13.1. The molecule has 1 fully saturated rings. The third-order valence-electron chi connectivity index (χ3n) is 3.75. The van der Waals surface area contributed by atoms with Crippen LogP contribution in [-0.2, 0) is 6.18 Å². The Bertz CT molecular complexity index is 541. The summed E-state index contributed by atoms with van der Waals surface area (Å²) in [6.45, 7) is 0. The predicted octanol–water partition coefficient (Wildman–Crippen LogP) is 2.39. The molecule has 3 rings (SSSR count). The van der Waals surface area contributed by atoms with E-state index in [1.807, 2.05) is 0 Å². The Hall–Kier alpha value is -1.76. The van der Waals surface area contributed by atoms with Crippen LogP contribution in [-0.4, -0.2) is 17.1 Å². The number of piperidine rings is 1. The number of halogens is 3. The number of hydrogen-bond acceptors (Lipinski definition) is 4. The van der Waals surface area contributed by atoms with Crippen LogP contribution in [0.1, 0.15) is 36.4 Å². The van der Waals surface area contributed by atoms with E-state index in [0.717, 1.165) is 18.9 Å². The molecule has 20 heavy (non-hydrogen) atoms. The molecule has 0 radical (unpaired) electrons. The van der Waals surface area contributed by atoms with Gasteiger partial charge in [-0.3, -0.25) is 5.43 Å². The Labute approximate surface area is 114 Å². The van der Waals surface area contributed by atoms with Gasteiger partial charge in [-0.2, -0.15) is 18.2 Å². The molecule has 2 aliphatic heterocycles. The molecule has 2 heterocycles. The van der Waals surface area contributed by atoms with Crippen molar-refractivity contribution in [1.29, 1.82) is 0 Å². The van der Waals surface area contributed by atoms with E-state index in [1.165, 1.54) is 12.1 Å². The molecule has 1 aromatic carbocycles. The number of nitrogens with zero attached hydrogens (tertiary/aromatic N) is 2. The Morgan fingerprint density at radius 1 is 1.25 bits per heavy atom. The Morgan fingerprint density at radius 3 is 2.75 bits per heavy atom. The number of benzene rings is 1. The topological polar surface area (TPSA) is 53.6 Å². The van der Waals surface area contributed by atoms with E-state index in [9.17, 15) is 13.2 Å². The van der Waals surface area contributed by atoms with Gasteiger partial charge in [-0.15, -0.1) is 0 Å². The van der Waals surface area contributed by atoms with Gasteiger partial charge in [-0.1, -0.05) is 18.2 Å². The van der Waals surface area contributed by atoms with Gasteiger partial charge in [0.1, 0.15) is 6.17 Å². The second-order valence-electron chi connectivity index (χ2n) is 5.05. The Morgan fingerprint density at radius 2 is 2.00 bits per heavy atom. The van der Waals surface area contributed by atoms with Crippen molar-refractivity contribution in [3.63, 3.8) is 0 Å². The molecule has 2 unspecified atom stereocenters. The molecule has 2 atom stereocenters. The fraction of sp³-hybridized carbons (Fsp3) is 0.462. The summed E-state index contributed by atoms with van der Waals surface area (Å²) in [4.78, 5) is 4.21. The first kappa shape index (κ1) is 13.2. The lowest BCUT2D eigenvalue weighted by Gasteiger charge is -2.37. The minimum atomic E-state index is -4.35. The molecule has 0 aliphatic carbocycles. The number of guanidine groups is 1. The van der Waals surface area contributed by atoms with Gasteiger partial charge in [0.2, 0.25) is 5.96 Å². The van der Waals surface area contributed by atoms with Crippen LogP contribution in [0, 0.1) is 0 Å². The monoisotopic (exact) mass is 284 g/mol. The van der Waals surface area contributed by atoms with Gasteiger partial charge in [0.25, 0.3) is 0 Å². The van der Waals surface area contributed by atoms with E-state index in [0.29, 0.717) is 6.42 Å². The SMILES string of the molecule is NC1=NC2CCCC(c3ccccc3C(F)(F)F)N2N1. The number of hydrazine groups is 1. The highest BCUT2D eigenvalue weighted by Gasteiger charge is 2.41. The lowest BCUT2D eigenvalue weighted by atomic mass is 9.92. The standard InChI is InChI=1S/C13H15F3N4/c14-13(15,16)9-5-2-1-4-8(9)10-6-3-7-11-18-12(17)19-20(10)11/h1-2,4-5,10-11H,3,6-7H2,(H3,17,18,19). The molecular weight excluding hydrogens is 269 g/mol. The maximum Gasteiger partial charge on any atom is 0.416 e. The van der Waals surface area contributed by atoms with Gasteiger partial charge in [0.05, 0.1) is 11.6 Å². The number of alkyl halides is 3. The van der Waals surface area contributed by atoms with E-state index >= 15 is 0 Å². The average Bonchev–Trinajstić information content (AvgIpc) is 2.77. The Kier molecular flexibility index (Phi) is 3.08. The number of fused-ring (bicyclic) bond motifs is 1. The zero-order valence-corrected chi connectivity index (χ0v) is 10.7. The highest BCUT2D eigenvalue weighted by atomic mass is 19.4. The maximum absolute atomic E-state index is 13.1. The van der Waals surface area contributed by atoms with Gasteiger partial charge in [0, 0.05) is 0 Å². The third kappa shape index (κ3) is 2.22. The van der Waals surface area contributed by atoms with E-state index in [2.05, 4.69) is 10.4 Å². The van der Waals surface area contributed by atoms with Gasteiger partial charge in [-0.05, 0) is 30.9 Å². The van der Waals surface area contributed by atoms with E-state index in [1.54, 1.807) is 11.1 Å². The fourth-order valence-corrected chi connectivity index (χ4v) is 2.93. The molecule has 0 amide bonds. The lowest BCUT2D eigenvalue weighted by Crippen LogP contribution is -2.47. The van der Waals surface area contributed by atoms with Crippen molar-refractivity contribution >= 4 is 5.96 Å². The number of nitrogens with one attached hydrogen (secondary N) is 1. The highest BCUT2D eigenvalue weighted by molar-refractivity contribution is 5.79. The molecule has 2 aliphatic rings. The van der Waals surface area contributed by atoms with Crippen LogP contribution >= 0.6 is 0 Å². The first-order chi connectivity index (χ1) is 9.47. The molecule has 0 spiro atoms. The molecular formula is C13H15F3N4. The van der Waals surface area contributed by atoms with E-state index in [-0.39, 0.29) is 23.7 Å². The van der Waals surface area contributed by atoms with Crippen molar-refractivity contribution < 1.29 is 13.2 Å². The van der Waals surface area contributed by atoms with Gasteiger partial charge in [0.15, 0.2) is 0 Å². The molecule has 7 heteroatoms. The highest BCUT2D eigenvalue weighted by Crippen LogP contribution is 2.41. The summed E-state index contributed by atoms with van der Waals surface area (Å²) in [7, 11) is 0. The second kappa shape index (κ2) is 4.66. The summed E-state index contributed by atoms with van der Waals surface area (Å²) in [5, 5.41) is 1.74. The molecule has 4 nitrogen and oxygen atoms in total. The van der Waals surface area contributed by atoms with Crippen LogP contribution in [0.25, 0.3) is 0 Å². The van der Waals surface area contributed by atoms with Crippen molar-refractivity contribution in [1.82, 2.24) is 10.4 Å². The smallest absolute Gasteiger partial charge is 0.369 e. The molecule has 1 aromatic rings. The summed E-state index contributed by atoms with van der Waals surface area (Å²) >= 11 is 0. The molecule has 108 valence electrons. The largest absolute Gasteiger partial charge is 0.416 e. The molecule has 0 aromatic heterocycles. The van der Waals surface area contributed by atoms with Crippen molar-refractivity contribution in [2.75, 3.05) is 0 Å². The van der Waals surface area contributed by atoms with Crippen LogP contribution < -0.4 is 11.2 Å². The summed E-state index contributed by atoms with van der Waals surface area (Å²) in [6, 6.07) is 5.34. The van der Waals surface area contributed by atoms with Crippen molar-refractivity contribution in [3.8, 4) is 0 Å². The first-order valence-electron chi connectivity index (χ1n) is 6.51. The van der Waals surface area contributed by atoms with E-state index < -0.39 is 11.7 Å². The number of nitrogens with two attached hydrogens (primary N) is 1. The lowest BCUT2D eigenvalue weighted by molar-refractivity contribution is -0.139. The predicted molar refractivity (Wildman–Crippen MR) is 68.4 cm³/mol. The van der Waals surface area contributed by atoms with Crippen LogP contribution in [0.3, 0.4) is 0 Å². The number of rotatable bonds is 1. The molecule has 3 N–H and O–H groups in total. The minimum absolute atomic E-state index is 0.171. The third-order valence-corrected chi connectivity index (χ3v) is 3.75. The van der Waals surface area contributed by atoms with Gasteiger partial charge < -0.3 is 5.73 Å². The normalized spacial score (nSPS) is 26.9. The minimum Gasteiger partial charge on any atom is -0.369 e. The van der Waals surface area contributed by atoms with Crippen molar-refractivity contribution in [3.05, 3.63) is 35.4 Å². The molecule has 1 saturated heterocycles. The average molecular weight is 284 g/mol. The summed E-state index contributed by atoms with van der Waals surface area (Å²) in [6.07, 6.45) is -2.24. The number of aliphatic imine (C=N–C) groups is 1. The van der Waals surface area contributed by atoms with Gasteiger partial charge in [-0.25, -0.2) is 4.99 Å². The van der Waals surface area contributed by atoms with Gasteiger partial charge >= 0.3 is 6.18 Å². The zero-order valence-electron chi connectivity index (χ0n) is 10.7. The second-order valence-corrected chi connectivity index (χ2v) is 5.05. The zero-order chi connectivity index (χ0) is 14.3. The van der Waals surface area contributed by atoms with Crippen LogP contribution in [0.4, 0.5) is 13.2 Å². The summed E-state index contributed by atoms with van der Waals surface area (Å²) < 4.78 is 39.4. The quantitative estimate of drug-likeness (QED) is 0.832. The molecule has 0 saturated carbocycles. The summed E-state index contributed by atoms with van der Waals surface area (Å²) in [5.74, 6) is 0.270. The first-order valence-corrected chi connectivity index (χ1v) is 6.51. The van der Waals surface area contributed by atoms with Crippen molar-refractivity contribution in [2.24, 2.45) is 10.7 Å². The fourth-order valence-electron chi connectivity index (χ4n) is 2.93. The van der Waals surface area contributed by atoms with Crippen LogP contribution in [0.2, 0.25) is 0 Å².